The first-order chi connectivity index (χ1) is 9.60. The summed E-state index contributed by atoms with van der Waals surface area (Å²) in [5, 5.41) is 10.2. The Morgan fingerprint density at radius 3 is 2.70 bits per heavy atom. The molecule has 2 nitrogen and oxygen atoms in total. The van der Waals surface area contributed by atoms with Gasteiger partial charge in [-0.1, -0.05) is 29.8 Å². The summed E-state index contributed by atoms with van der Waals surface area (Å²) in [5.74, 6) is 0.151. The summed E-state index contributed by atoms with van der Waals surface area (Å²) in [6.07, 6.45) is 0.535. The van der Waals surface area contributed by atoms with Gasteiger partial charge in [0.05, 0.1) is 13.2 Å². The highest BCUT2D eigenvalue weighted by Gasteiger charge is 2.14. The van der Waals surface area contributed by atoms with Gasteiger partial charge in [-0.05, 0) is 43.5 Å². The van der Waals surface area contributed by atoms with Crippen LogP contribution >= 0.6 is 0 Å². The maximum Gasteiger partial charge on any atom is 0.124 e. The average molecular weight is 274 g/mol. The zero-order chi connectivity index (χ0) is 14.5. The van der Waals surface area contributed by atoms with E-state index in [1.807, 2.05) is 25.1 Å². The molecule has 0 saturated carbocycles. The number of rotatable bonds is 5. The van der Waals surface area contributed by atoms with Gasteiger partial charge in [0.25, 0.3) is 0 Å². The standard InChI is InChI=1S/C17H19FO2/c1-12-4-3-5-13(10-12)6-8-16(19)15-11-14(18)7-9-17(15)20-2/h3-5,7,9-11,16,19H,6,8H2,1-2H3. The SMILES string of the molecule is COc1ccc(F)cc1C(O)CCc1cccc(C)c1. The van der Waals surface area contributed by atoms with E-state index in [-0.39, 0.29) is 5.82 Å². The molecular formula is C17H19FO2. The molecule has 2 rings (SSSR count). The Bertz CT molecular complexity index is 581. The molecule has 1 atom stereocenters. The summed E-state index contributed by atoms with van der Waals surface area (Å²) in [7, 11) is 1.52. The summed E-state index contributed by atoms with van der Waals surface area (Å²) in [6, 6.07) is 12.4. The highest BCUT2D eigenvalue weighted by molar-refractivity contribution is 5.35. The number of aryl methyl sites for hydroxylation is 2. The number of aliphatic hydroxyl groups excluding tert-OH is 1. The van der Waals surface area contributed by atoms with E-state index in [1.54, 1.807) is 6.07 Å². The second-order valence-corrected chi connectivity index (χ2v) is 4.93. The van der Waals surface area contributed by atoms with Gasteiger partial charge < -0.3 is 9.84 Å². The Balaban J connectivity index is 2.08. The molecule has 0 aromatic heterocycles. The molecule has 3 heteroatoms. The topological polar surface area (TPSA) is 29.5 Å². The maximum atomic E-state index is 13.3. The molecule has 1 N–H and O–H groups in total. The molecule has 0 fully saturated rings. The lowest BCUT2D eigenvalue weighted by molar-refractivity contribution is 0.163. The van der Waals surface area contributed by atoms with Crippen molar-refractivity contribution >= 4 is 0 Å². The van der Waals surface area contributed by atoms with Gasteiger partial charge in [-0.15, -0.1) is 0 Å². The Hall–Kier alpha value is -1.87. The number of ether oxygens (including phenoxy) is 1. The number of methoxy groups -OCH3 is 1. The lowest BCUT2D eigenvalue weighted by Crippen LogP contribution is -2.03. The number of hydrogen-bond donors (Lipinski definition) is 1. The van der Waals surface area contributed by atoms with E-state index in [9.17, 15) is 9.50 Å². The van der Waals surface area contributed by atoms with Gasteiger partial charge in [0.2, 0.25) is 0 Å². The fourth-order valence-corrected chi connectivity index (χ4v) is 2.29. The molecule has 0 bridgehead atoms. The van der Waals surface area contributed by atoms with Crippen LogP contribution in [0.1, 0.15) is 29.2 Å². The van der Waals surface area contributed by atoms with E-state index >= 15 is 0 Å². The molecule has 0 amide bonds. The third kappa shape index (κ3) is 3.58. The first kappa shape index (κ1) is 14.5. The first-order valence-electron chi connectivity index (χ1n) is 6.67. The molecule has 106 valence electrons. The Labute approximate surface area is 118 Å². The second kappa shape index (κ2) is 6.53. The third-order valence-corrected chi connectivity index (χ3v) is 3.34. The van der Waals surface area contributed by atoms with Crippen molar-refractivity contribution in [3.63, 3.8) is 0 Å². The molecule has 0 heterocycles. The van der Waals surface area contributed by atoms with Crippen LogP contribution in [0.3, 0.4) is 0 Å². The van der Waals surface area contributed by atoms with Gasteiger partial charge in [-0.3, -0.25) is 0 Å². The van der Waals surface area contributed by atoms with Crippen LogP contribution in [-0.4, -0.2) is 12.2 Å². The first-order valence-corrected chi connectivity index (χ1v) is 6.67. The highest BCUT2D eigenvalue weighted by Crippen LogP contribution is 2.29. The number of aliphatic hydroxyl groups is 1. The normalized spacial score (nSPS) is 12.2. The molecule has 20 heavy (non-hydrogen) atoms. The smallest absolute Gasteiger partial charge is 0.124 e. The Morgan fingerprint density at radius 2 is 2.00 bits per heavy atom. The quantitative estimate of drug-likeness (QED) is 0.898. The van der Waals surface area contributed by atoms with Crippen molar-refractivity contribution < 1.29 is 14.2 Å². The van der Waals surface area contributed by atoms with Crippen LogP contribution in [0.15, 0.2) is 42.5 Å². The van der Waals surface area contributed by atoms with Gasteiger partial charge in [-0.25, -0.2) is 4.39 Å². The largest absolute Gasteiger partial charge is 0.496 e. The molecule has 0 aliphatic heterocycles. The summed E-state index contributed by atoms with van der Waals surface area (Å²) >= 11 is 0. The van der Waals surface area contributed by atoms with Crippen LogP contribution in [-0.2, 0) is 6.42 Å². The molecule has 0 radical (unpaired) electrons. The number of benzene rings is 2. The lowest BCUT2D eigenvalue weighted by Gasteiger charge is -2.15. The van der Waals surface area contributed by atoms with Crippen LogP contribution in [0.5, 0.6) is 5.75 Å². The highest BCUT2D eigenvalue weighted by atomic mass is 19.1. The minimum atomic E-state index is -0.735. The maximum absolute atomic E-state index is 13.3. The second-order valence-electron chi connectivity index (χ2n) is 4.93. The Morgan fingerprint density at radius 1 is 1.20 bits per heavy atom. The van der Waals surface area contributed by atoms with Gasteiger partial charge >= 0.3 is 0 Å². The molecule has 0 saturated heterocycles. The van der Waals surface area contributed by atoms with E-state index < -0.39 is 6.10 Å². The van der Waals surface area contributed by atoms with Gasteiger partial charge in [0.15, 0.2) is 0 Å². The minimum absolute atomic E-state index is 0.365. The predicted molar refractivity (Wildman–Crippen MR) is 77.4 cm³/mol. The van der Waals surface area contributed by atoms with E-state index in [0.717, 1.165) is 6.42 Å². The molecule has 0 spiro atoms. The Kier molecular flexibility index (Phi) is 4.74. The van der Waals surface area contributed by atoms with Crippen molar-refractivity contribution in [1.29, 1.82) is 0 Å². The van der Waals surface area contributed by atoms with Crippen molar-refractivity contribution in [2.45, 2.75) is 25.9 Å². The third-order valence-electron chi connectivity index (χ3n) is 3.34. The van der Waals surface area contributed by atoms with Crippen molar-refractivity contribution in [3.05, 3.63) is 65.0 Å². The number of halogens is 1. The van der Waals surface area contributed by atoms with Crippen molar-refractivity contribution in [3.8, 4) is 5.75 Å². The summed E-state index contributed by atoms with van der Waals surface area (Å²) in [4.78, 5) is 0. The van der Waals surface area contributed by atoms with Gasteiger partial charge in [0.1, 0.15) is 11.6 Å². The fraction of sp³-hybridized carbons (Fsp3) is 0.294. The summed E-state index contributed by atoms with van der Waals surface area (Å²) in [5.41, 5.74) is 2.86. The minimum Gasteiger partial charge on any atom is -0.496 e. The summed E-state index contributed by atoms with van der Waals surface area (Å²) < 4.78 is 18.5. The van der Waals surface area contributed by atoms with Crippen LogP contribution in [0.25, 0.3) is 0 Å². The van der Waals surface area contributed by atoms with Gasteiger partial charge in [0, 0.05) is 5.56 Å². The van der Waals surface area contributed by atoms with E-state index in [4.69, 9.17) is 4.74 Å². The van der Waals surface area contributed by atoms with Crippen molar-refractivity contribution in [2.75, 3.05) is 7.11 Å². The predicted octanol–water partition coefficient (Wildman–Crippen LogP) is 3.81. The van der Waals surface area contributed by atoms with E-state index in [2.05, 4.69) is 6.07 Å². The molecule has 0 aliphatic rings. The summed E-state index contributed by atoms with van der Waals surface area (Å²) in [6.45, 7) is 2.04. The van der Waals surface area contributed by atoms with E-state index in [1.165, 1.54) is 30.4 Å². The van der Waals surface area contributed by atoms with Gasteiger partial charge in [-0.2, -0.15) is 0 Å². The van der Waals surface area contributed by atoms with Crippen LogP contribution in [0.4, 0.5) is 4.39 Å². The van der Waals surface area contributed by atoms with Crippen molar-refractivity contribution in [2.24, 2.45) is 0 Å². The molecule has 2 aromatic carbocycles. The molecule has 1 unspecified atom stereocenters. The van der Waals surface area contributed by atoms with Crippen LogP contribution in [0.2, 0.25) is 0 Å². The average Bonchev–Trinajstić information content (AvgIpc) is 2.45. The van der Waals surface area contributed by atoms with Crippen LogP contribution in [0, 0.1) is 12.7 Å². The van der Waals surface area contributed by atoms with Crippen molar-refractivity contribution in [1.82, 2.24) is 0 Å². The molecular weight excluding hydrogens is 255 g/mol. The number of hydrogen-bond acceptors (Lipinski definition) is 2. The van der Waals surface area contributed by atoms with Crippen LogP contribution < -0.4 is 4.74 Å². The lowest BCUT2D eigenvalue weighted by atomic mass is 9.99. The van der Waals surface area contributed by atoms with E-state index in [0.29, 0.717) is 17.7 Å². The molecule has 2 aromatic rings. The molecule has 0 aliphatic carbocycles. The zero-order valence-electron chi connectivity index (χ0n) is 11.8. The zero-order valence-corrected chi connectivity index (χ0v) is 11.8. The monoisotopic (exact) mass is 274 g/mol. The fourth-order valence-electron chi connectivity index (χ4n) is 2.29.